The normalized spacial score (nSPS) is 13.3. The zero-order valence-electron chi connectivity index (χ0n) is 11.3. The van der Waals surface area contributed by atoms with Crippen LogP contribution in [0.2, 0.25) is 0 Å². The molecule has 3 heterocycles. The molecule has 0 fully saturated rings. The van der Waals surface area contributed by atoms with Crippen LogP contribution in [0.25, 0.3) is 10.4 Å². The fourth-order valence-electron chi connectivity index (χ4n) is 2.31. The molecular formula is C14H13IN2O2S2. The second-order valence-electron chi connectivity index (χ2n) is 4.48. The highest BCUT2D eigenvalue weighted by Crippen LogP contribution is 2.43. The third-order valence-electron chi connectivity index (χ3n) is 3.22. The molecule has 0 bridgehead atoms. The van der Waals surface area contributed by atoms with E-state index in [-0.39, 0.29) is 5.97 Å². The molecule has 0 aromatic carbocycles. The lowest BCUT2D eigenvalue weighted by molar-refractivity contribution is 0.0532. The number of ether oxygens (including phenoxy) is 1. The molecule has 2 aromatic heterocycles. The molecule has 2 aromatic rings. The monoisotopic (exact) mass is 432 g/mol. The average molecular weight is 432 g/mol. The van der Waals surface area contributed by atoms with Gasteiger partial charge in [-0.05, 0) is 37.1 Å². The number of halogens is 1. The first-order chi connectivity index (χ1) is 10.2. The first-order valence-electron chi connectivity index (χ1n) is 6.56. The quantitative estimate of drug-likeness (QED) is 0.410. The number of rotatable bonds is 3. The molecule has 0 spiro atoms. The van der Waals surface area contributed by atoms with Crippen LogP contribution in [0.4, 0.5) is 5.82 Å². The Bertz CT molecular complexity index is 675. The molecule has 21 heavy (non-hydrogen) atoms. The molecule has 0 aliphatic carbocycles. The summed E-state index contributed by atoms with van der Waals surface area (Å²) in [7, 11) is 1.65. The lowest BCUT2D eigenvalue weighted by Crippen LogP contribution is -2.15. The standard InChI is InChI=1S/C14H13IN2O2S2/c1-2-19-14(18)11-8-9-5-7-17(21-15)13-10(12(9)20-11)4-3-6-16-13/h3-4,6,8H,2,5,7H2,1H3. The van der Waals surface area contributed by atoms with Crippen LogP contribution in [-0.2, 0) is 11.2 Å². The highest BCUT2D eigenvalue weighted by atomic mass is 127. The fourth-order valence-corrected chi connectivity index (χ4v) is 4.96. The van der Waals surface area contributed by atoms with Gasteiger partial charge in [0.25, 0.3) is 0 Å². The number of hydrogen-bond donors (Lipinski definition) is 0. The van der Waals surface area contributed by atoms with Gasteiger partial charge in [-0.15, -0.1) is 11.3 Å². The minimum atomic E-state index is -0.235. The van der Waals surface area contributed by atoms with Gasteiger partial charge in [-0.2, -0.15) is 0 Å². The summed E-state index contributed by atoms with van der Waals surface area (Å²) >= 11 is 3.78. The van der Waals surface area contributed by atoms with Crippen LogP contribution in [0, 0.1) is 0 Å². The number of fused-ring (bicyclic) bond motifs is 3. The largest absolute Gasteiger partial charge is 0.462 e. The van der Waals surface area contributed by atoms with Crippen LogP contribution in [0.5, 0.6) is 0 Å². The van der Waals surface area contributed by atoms with Gasteiger partial charge in [0, 0.05) is 53.5 Å². The van der Waals surface area contributed by atoms with Crippen molar-refractivity contribution >= 4 is 53.4 Å². The summed E-state index contributed by atoms with van der Waals surface area (Å²) in [6, 6.07) is 5.97. The van der Waals surface area contributed by atoms with Crippen molar-refractivity contribution in [3.63, 3.8) is 0 Å². The van der Waals surface area contributed by atoms with E-state index < -0.39 is 0 Å². The number of pyridine rings is 1. The predicted octanol–water partition coefficient (Wildman–Crippen LogP) is 4.35. The van der Waals surface area contributed by atoms with E-state index in [9.17, 15) is 4.79 Å². The van der Waals surface area contributed by atoms with Crippen molar-refractivity contribution in [3.8, 4) is 10.4 Å². The average Bonchev–Trinajstić information content (AvgIpc) is 2.87. The van der Waals surface area contributed by atoms with Crippen molar-refractivity contribution in [3.05, 3.63) is 34.8 Å². The summed E-state index contributed by atoms with van der Waals surface area (Å²) in [5.41, 5.74) is 2.29. The molecule has 0 unspecified atom stereocenters. The number of carbonyl (C=O) groups excluding carboxylic acids is 1. The second-order valence-corrected chi connectivity index (χ2v) is 7.29. The Morgan fingerprint density at radius 1 is 1.62 bits per heavy atom. The van der Waals surface area contributed by atoms with Gasteiger partial charge in [0.05, 0.1) is 6.61 Å². The van der Waals surface area contributed by atoms with E-state index in [1.165, 1.54) is 16.9 Å². The molecule has 0 atom stereocenters. The van der Waals surface area contributed by atoms with Crippen molar-refractivity contribution in [2.24, 2.45) is 0 Å². The Morgan fingerprint density at radius 2 is 2.48 bits per heavy atom. The molecule has 110 valence electrons. The molecule has 1 aliphatic heterocycles. The number of hydrogen-bond acceptors (Lipinski definition) is 6. The highest BCUT2D eigenvalue weighted by molar-refractivity contribution is 14.2. The minimum absolute atomic E-state index is 0.235. The van der Waals surface area contributed by atoms with E-state index in [0.717, 1.165) is 29.2 Å². The van der Waals surface area contributed by atoms with E-state index in [0.29, 0.717) is 11.5 Å². The molecule has 0 amide bonds. The number of anilines is 1. The van der Waals surface area contributed by atoms with E-state index in [4.69, 9.17) is 4.74 Å². The van der Waals surface area contributed by atoms with Crippen molar-refractivity contribution in [2.45, 2.75) is 13.3 Å². The van der Waals surface area contributed by atoms with E-state index in [1.54, 1.807) is 9.12 Å². The summed E-state index contributed by atoms with van der Waals surface area (Å²) in [6.45, 7) is 3.10. The molecule has 0 N–H and O–H groups in total. The third-order valence-corrected chi connectivity index (χ3v) is 6.36. The van der Waals surface area contributed by atoms with Crippen molar-refractivity contribution in [1.82, 2.24) is 4.98 Å². The van der Waals surface area contributed by atoms with Crippen molar-refractivity contribution < 1.29 is 9.53 Å². The van der Waals surface area contributed by atoms with Crippen LogP contribution < -0.4 is 4.31 Å². The Hall–Kier alpha value is -0.800. The van der Waals surface area contributed by atoms with E-state index >= 15 is 0 Å². The molecular weight excluding hydrogens is 419 g/mol. The van der Waals surface area contributed by atoms with Crippen LogP contribution in [0.1, 0.15) is 22.2 Å². The molecule has 1 aliphatic rings. The van der Waals surface area contributed by atoms with E-state index in [2.05, 4.69) is 36.6 Å². The maximum Gasteiger partial charge on any atom is 0.348 e. The van der Waals surface area contributed by atoms with Crippen LogP contribution in [-0.4, -0.2) is 24.1 Å². The molecule has 0 saturated heterocycles. The first-order valence-corrected chi connectivity index (χ1v) is 10.7. The second kappa shape index (κ2) is 6.53. The minimum Gasteiger partial charge on any atom is -0.462 e. The Morgan fingerprint density at radius 3 is 3.24 bits per heavy atom. The Kier molecular flexibility index (Phi) is 4.70. The zero-order valence-corrected chi connectivity index (χ0v) is 15.1. The topological polar surface area (TPSA) is 42.4 Å². The van der Waals surface area contributed by atoms with Crippen LogP contribution >= 0.6 is 41.7 Å². The first kappa shape index (κ1) is 15.1. The fraction of sp³-hybridized carbons (Fsp3) is 0.286. The summed E-state index contributed by atoms with van der Waals surface area (Å²) < 4.78 is 7.29. The SMILES string of the molecule is CCOC(=O)c1cc2c(s1)-c1cccnc1N(SI)CC2. The Balaban J connectivity index is 2.07. The summed E-state index contributed by atoms with van der Waals surface area (Å²) in [6.07, 6.45) is 2.71. The number of esters is 1. The van der Waals surface area contributed by atoms with Gasteiger partial charge in [-0.1, -0.05) is 0 Å². The van der Waals surface area contributed by atoms with Gasteiger partial charge in [0.2, 0.25) is 0 Å². The van der Waals surface area contributed by atoms with Gasteiger partial charge in [0.1, 0.15) is 10.7 Å². The number of aromatic nitrogens is 1. The van der Waals surface area contributed by atoms with Gasteiger partial charge in [0.15, 0.2) is 0 Å². The lowest BCUT2D eigenvalue weighted by Gasteiger charge is -2.18. The number of carbonyl (C=O) groups is 1. The van der Waals surface area contributed by atoms with Gasteiger partial charge < -0.3 is 4.74 Å². The van der Waals surface area contributed by atoms with Crippen molar-refractivity contribution in [1.29, 1.82) is 0 Å². The zero-order chi connectivity index (χ0) is 14.8. The van der Waals surface area contributed by atoms with Gasteiger partial charge in [-0.3, -0.25) is 4.31 Å². The van der Waals surface area contributed by atoms with Gasteiger partial charge in [-0.25, -0.2) is 9.78 Å². The van der Waals surface area contributed by atoms with Gasteiger partial charge >= 0.3 is 5.97 Å². The lowest BCUT2D eigenvalue weighted by atomic mass is 10.1. The molecule has 3 rings (SSSR count). The smallest absolute Gasteiger partial charge is 0.348 e. The Labute approximate surface area is 143 Å². The maximum absolute atomic E-state index is 11.9. The number of nitrogens with zero attached hydrogens (tertiary/aromatic N) is 2. The third kappa shape index (κ3) is 2.91. The maximum atomic E-state index is 11.9. The molecule has 7 heteroatoms. The predicted molar refractivity (Wildman–Crippen MR) is 96.2 cm³/mol. The van der Waals surface area contributed by atoms with Crippen LogP contribution in [0.3, 0.4) is 0 Å². The van der Waals surface area contributed by atoms with E-state index in [1.807, 2.05) is 25.3 Å². The molecule has 4 nitrogen and oxygen atoms in total. The molecule has 0 radical (unpaired) electrons. The highest BCUT2D eigenvalue weighted by Gasteiger charge is 2.24. The van der Waals surface area contributed by atoms with Crippen LogP contribution in [0.15, 0.2) is 24.4 Å². The summed E-state index contributed by atoms with van der Waals surface area (Å²) in [5.74, 6) is 0.731. The number of thiophene rings is 1. The summed E-state index contributed by atoms with van der Waals surface area (Å²) in [5, 5.41) is 0. The van der Waals surface area contributed by atoms with Crippen molar-refractivity contribution in [2.75, 3.05) is 17.5 Å². The summed E-state index contributed by atoms with van der Waals surface area (Å²) in [4.78, 5) is 18.3. The molecule has 0 saturated carbocycles.